The van der Waals surface area contributed by atoms with Crippen molar-refractivity contribution in [1.82, 2.24) is 0 Å². The van der Waals surface area contributed by atoms with E-state index in [0.717, 1.165) is 11.3 Å². The summed E-state index contributed by atoms with van der Waals surface area (Å²) in [5.41, 5.74) is 9.38. The van der Waals surface area contributed by atoms with Crippen LogP contribution in [0.15, 0.2) is 51.3 Å². The van der Waals surface area contributed by atoms with Crippen LogP contribution in [-0.2, 0) is 11.2 Å². The molecule has 0 aliphatic heterocycles. The first-order valence-corrected chi connectivity index (χ1v) is 12.4. The highest BCUT2D eigenvalue weighted by atomic mass is 16.5. The van der Waals surface area contributed by atoms with E-state index in [1.807, 2.05) is 18.2 Å². The molecular weight excluding hydrogens is 466 g/mol. The number of hydrogen-bond acceptors (Lipinski definition) is 5. The summed E-state index contributed by atoms with van der Waals surface area (Å²) in [6.07, 6.45) is 0.628. The van der Waals surface area contributed by atoms with Crippen molar-refractivity contribution in [2.45, 2.75) is 54.9 Å². The van der Waals surface area contributed by atoms with Gasteiger partial charge in [0.15, 0.2) is 5.76 Å². The van der Waals surface area contributed by atoms with Crippen LogP contribution in [0.25, 0.3) is 11.3 Å². The van der Waals surface area contributed by atoms with Gasteiger partial charge in [0.25, 0.3) is 5.91 Å². The predicted molar refractivity (Wildman–Crippen MR) is 144 cm³/mol. The number of aryl methyl sites for hydroxylation is 1. The molecule has 0 saturated carbocycles. The summed E-state index contributed by atoms with van der Waals surface area (Å²) in [7, 11) is 0. The summed E-state index contributed by atoms with van der Waals surface area (Å²) in [5.74, 6) is 1.23. The lowest BCUT2D eigenvalue weighted by atomic mass is 9.88. The maximum atomic E-state index is 12.9. The van der Waals surface area contributed by atoms with E-state index in [4.69, 9.17) is 13.6 Å². The van der Waals surface area contributed by atoms with E-state index in [1.165, 1.54) is 33.4 Å². The second-order valence-corrected chi connectivity index (χ2v) is 9.38. The Labute approximate surface area is 217 Å². The standard InChI is InChI=1S/C31H33NO5/c1-8-35-31(34)27-16-29(36-22(27)7)23-10-9-11-24(14-23)32-30(33)28-13-12-25(37-28)15-26-20(5)18(3)17(2)19(4)21(26)6/h9-14,16H,8,15H2,1-7H3,(H,32,33). The van der Waals surface area contributed by atoms with E-state index in [-0.39, 0.29) is 18.3 Å². The van der Waals surface area contributed by atoms with Crippen LogP contribution in [0.5, 0.6) is 0 Å². The Morgan fingerprint density at radius 3 is 2.19 bits per heavy atom. The molecule has 1 amide bonds. The van der Waals surface area contributed by atoms with E-state index >= 15 is 0 Å². The Balaban J connectivity index is 1.51. The van der Waals surface area contributed by atoms with E-state index < -0.39 is 5.97 Å². The lowest BCUT2D eigenvalue weighted by Gasteiger charge is -2.18. The van der Waals surface area contributed by atoms with Crippen LogP contribution in [0.1, 0.15) is 72.7 Å². The molecule has 1 N–H and O–H groups in total. The van der Waals surface area contributed by atoms with Crippen LogP contribution < -0.4 is 5.32 Å². The summed E-state index contributed by atoms with van der Waals surface area (Å²) >= 11 is 0. The van der Waals surface area contributed by atoms with Gasteiger partial charge in [-0.15, -0.1) is 0 Å². The highest BCUT2D eigenvalue weighted by molar-refractivity contribution is 6.02. The van der Waals surface area contributed by atoms with E-state index in [9.17, 15) is 9.59 Å². The molecule has 0 fully saturated rings. The fourth-order valence-electron chi connectivity index (χ4n) is 4.59. The van der Waals surface area contributed by atoms with Crippen LogP contribution >= 0.6 is 0 Å². The van der Waals surface area contributed by atoms with E-state index in [0.29, 0.717) is 29.2 Å². The molecule has 0 aliphatic carbocycles. The number of hydrogen-bond donors (Lipinski definition) is 1. The third-order valence-electron chi connectivity index (χ3n) is 7.21. The van der Waals surface area contributed by atoms with Crippen LogP contribution in [0.4, 0.5) is 5.69 Å². The van der Waals surface area contributed by atoms with Crippen LogP contribution in [0.3, 0.4) is 0 Å². The average molecular weight is 500 g/mol. The molecule has 2 heterocycles. The minimum absolute atomic E-state index is 0.245. The van der Waals surface area contributed by atoms with Gasteiger partial charge in [0.05, 0.1) is 6.61 Å². The molecule has 192 valence electrons. The topological polar surface area (TPSA) is 81.7 Å². The summed E-state index contributed by atoms with van der Waals surface area (Å²) in [6.45, 7) is 14.5. The van der Waals surface area contributed by atoms with Crippen molar-refractivity contribution in [3.8, 4) is 11.3 Å². The molecule has 0 atom stereocenters. The molecular formula is C31H33NO5. The van der Waals surface area contributed by atoms with Crippen molar-refractivity contribution in [1.29, 1.82) is 0 Å². The van der Waals surface area contributed by atoms with Crippen molar-refractivity contribution in [2.75, 3.05) is 11.9 Å². The first-order chi connectivity index (χ1) is 17.6. The molecule has 0 unspecified atom stereocenters. The predicted octanol–water partition coefficient (Wildman–Crippen LogP) is 7.41. The fourth-order valence-corrected chi connectivity index (χ4v) is 4.59. The van der Waals surface area contributed by atoms with Crippen molar-refractivity contribution in [2.24, 2.45) is 0 Å². The SMILES string of the molecule is CCOC(=O)c1cc(-c2cccc(NC(=O)c3ccc(Cc4c(C)c(C)c(C)c(C)c4C)o3)c2)oc1C. The van der Waals surface area contributed by atoms with Crippen LogP contribution in [0, 0.1) is 41.5 Å². The largest absolute Gasteiger partial charge is 0.462 e. The molecule has 37 heavy (non-hydrogen) atoms. The first kappa shape index (κ1) is 26.0. The Bertz CT molecular complexity index is 1460. The molecule has 0 aliphatic rings. The van der Waals surface area contributed by atoms with E-state index in [2.05, 4.69) is 39.9 Å². The number of nitrogens with one attached hydrogen (secondary N) is 1. The quantitative estimate of drug-likeness (QED) is 0.268. The maximum absolute atomic E-state index is 12.9. The third kappa shape index (κ3) is 5.24. The second-order valence-electron chi connectivity index (χ2n) is 9.38. The summed E-state index contributed by atoms with van der Waals surface area (Å²) in [6, 6.07) is 12.5. The van der Waals surface area contributed by atoms with Gasteiger partial charge in [-0.05, 0) is 112 Å². The van der Waals surface area contributed by atoms with Gasteiger partial charge in [-0.3, -0.25) is 4.79 Å². The lowest BCUT2D eigenvalue weighted by Crippen LogP contribution is -2.10. The number of rotatable bonds is 7. The summed E-state index contributed by atoms with van der Waals surface area (Å²) in [4.78, 5) is 25.1. The molecule has 0 saturated heterocycles. The normalized spacial score (nSPS) is 11.0. The Hall–Kier alpha value is -4.06. The molecule has 4 rings (SSSR count). The Kier molecular flexibility index (Phi) is 7.39. The summed E-state index contributed by atoms with van der Waals surface area (Å²) < 4.78 is 16.8. The summed E-state index contributed by atoms with van der Waals surface area (Å²) in [5, 5.41) is 2.89. The van der Waals surface area contributed by atoms with Crippen molar-refractivity contribution in [3.05, 3.63) is 98.7 Å². The lowest BCUT2D eigenvalue weighted by molar-refractivity contribution is 0.0524. The smallest absolute Gasteiger partial charge is 0.341 e. The van der Waals surface area contributed by atoms with Gasteiger partial charge >= 0.3 is 5.97 Å². The first-order valence-electron chi connectivity index (χ1n) is 12.4. The molecule has 6 nitrogen and oxygen atoms in total. The number of amides is 1. The van der Waals surface area contributed by atoms with Gasteiger partial charge in [0.2, 0.25) is 0 Å². The monoisotopic (exact) mass is 499 g/mol. The highest BCUT2D eigenvalue weighted by Crippen LogP contribution is 2.30. The molecule has 0 spiro atoms. The Morgan fingerprint density at radius 1 is 0.838 bits per heavy atom. The van der Waals surface area contributed by atoms with Crippen molar-refractivity contribution < 1.29 is 23.2 Å². The number of carbonyl (C=O) groups is 2. The zero-order valence-electron chi connectivity index (χ0n) is 22.5. The van der Waals surface area contributed by atoms with Crippen molar-refractivity contribution in [3.63, 3.8) is 0 Å². The maximum Gasteiger partial charge on any atom is 0.341 e. The van der Waals surface area contributed by atoms with Crippen LogP contribution in [-0.4, -0.2) is 18.5 Å². The molecule has 4 aromatic rings. The van der Waals surface area contributed by atoms with Gasteiger partial charge in [-0.2, -0.15) is 0 Å². The van der Waals surface area contributed by atoms with Gasteiger partial charge in [0.1, 0.15) is 22.8 Å². The number of ether oxygens (including phenoxy) is 1. The van der Waals surface area contributed by atoms with Gasteiger partial charge in [0, 0.05) is 17.7 Å². The minimum atomic E-state index is -0.422. The minimum Gasteiger partial charge on any atom is -0.462 e. The van der Waals surface area contributed by atoms with Crippen molar-refractivity contribution >= 4 is 17.6 Å². The number of furan rings is 2. The van der Waals surface area contributed by atoms with E-state index in [1.54, 1.807) is 38.1 Å². The fraction of sp³-hybridized carbons (Fsp3) is 0.290. The molecule has 2 aromatic heterocycles. The molecule has 0 radical (unpaired) electrons. The van der Waals surface area contributed by atoms with Crippen LogP contribution in [0.2, 0.25) is 0 Å². The highest BCUT2D eigenvalue weighted by Gasteiger charge is 2.19. The number of anilines is 1. The number of carbonyl (C=O) groups excluding carboxylic acids is 2. The Morgan fingerprint density at radius 2 is 1.51 bits per heavy atom. The number of benzene rings is 2. The van der Waals surface area contributed by atoms with Gasteiger partial charge < -0.3 is 18.9 Å². The molecule has 0 bridgehead atoms. The van der Waals surface area contributed by atoms with Gasteiger partial charge in [-0.1, -0.05) is 12.1 Å². The zero-order valence-corrected chi connectivity index (χ0v) is 22.5. The average Bonchev–Trinajstić information content (AvgIpc) is 3.51. The molecule has 2 aromatic carbocycles. The number of esters is 1. The van der Waals surface area contributed by atoms with Gasteiger partial charge in [-0.25, -0.2) is 4.79 Å². The third-order valence-corrected chi connectivity index (χ3v) is 7.21. The second kappa shape index (κ2) is 10.5. The molecule has 6 heteroatoms. The zero-order chi connectivity index (χ0) is 26.9.